The monoisotopic (exact) mass is 301 g/mol. The second-order valence-electron chi connectivity index (χ2n) is 4.64. The maximum atomic E-state index is 8.71. The molecule has 3 nitrogen and oxygen atoms in total. The Morgan fingerprint density at radius 1 is 1.38 bits per heavy atom. The van der Waals surface area contributed by atoms with E-state index in [0.29, 0.717) is 19.6 Å². The lowest BCUT2D eigenvalue weighted by Crippen LogP contribution is -1.99. The molecule has 1 heterocycles. The van der Waals surface area contributed by atoms with Crippen LogP contribution in [-0.4, -0.2) is 23.3 Å². The highest BCUT2D eigenvalue weighted by Gasteiger charge is 2.01. The Morgan fingerprint density at radius 2 is 2.29 bits per heavy atom. The summed E-state index contributed by atoms with van der Waals surface area (Å²) in [6, 6.07) is 8.01. The number of hydrogen-bond donors (Lipinski definition) is 1. The molecular weight excluding hydrogens is 282 g/mol. The minimum atomic E-state index is 0.104. The number of aryl methyl sites for hydroxylation is 1. The molecule has 21 heavy (non-hydrogen) atoms. The third-order valence-electron chi connectivity index (χ3n) is 2.98. The van der Waals surface area contributed by atoms with E-state index in [0.717, 1.165) is 23.2 Å². The van der Waals surface area contributed by atoms with Crippen molar-refractivity contribution in [3.8, 4) is 11.8 Å². The first-order chi connectivity index (χ1) is 10.3. The number of aliphatic hydroxyl groups is 1. The van der Waals surface area contributed by atoms with E-state index >= 15 is 0 Å². The lowest BCUT2D eigenvalue weighted by atomic mass is 10.1. The van der Waals surface area contributed by atoms with Crippen LogP contribution in [0, 0.1) is 18.8 Å². The molecule has 0 radical (unpaired) electrons. The Balaban J connectivity index is 1.79. The van der Waals surface area contributed by atoms with Crippen LogP contribution in [-0.2, 0) is 17.8 Å². The third kappa shape index (κ3) is 5.31. The molecule has 0 saturated heterocycles. The number of aromatic nitrogens is 1. The molecule has 0 bridgehead atoms. The number of benzene rings is 1. The van der Waals surface area contributed by atoms with E-state index < -0.39 is 0 Å². The van der Waals surface area contributed by atoms with E-state index in [9.17, 15) is 0 Å². The first-order valence-electron chi connectivity index (χ1n) is 6.95. The maximum Gasteiger partial charge on any atom is 0.0797 e. The van der Waals surface area contributed by atoms with Gasteiger partial charge in [-0.15, -0.1) is 11.3 Å². The second kappa shape index (κ2) is 8.58. The van der Waals surface area contributed by atoms with Crippen LogP contribution in [0.25, 0.3) is 0 Å². The van der Waals surface area contributed by atoms with E-state index in [-0.39, 0.29) is 6.61 Å². The number of nitrogens with zero attached hydrogens (tertiary/aromatic N) is 1. The number of thiazole rings is 1. The van der Waals surface area contributed by atoms with Gasteiger partial charge in [0.1, 0.15) is 0 Å². The Kier molecular flexibility index (Phi) is 6.42. The van der Waals surface area contributed by atoms with Crippen molar-refractivity contribution < 1.29 is 9.84 Å². The van der Waals surface area contributed by atoms with Crippen LogP contribution in [0.2, 0.25) is 0 Å². The molecule has 110 valence electrons. The fraction of sp³-hybridized carbons (Fsp3) is 0.353. The molecule has 0 aliphatic rings. The standard InChI is InChI=1S/C17H19NO2S/c1-14-17(21-13-18-14)8-10-20-12-16-7-4-6-15(11-16)5-2-3-9-19/h4,6-7,11,13,19H,3,8-10,12H2,1H3. The molecule has 0 aliphatic carbocycles. The average Bonchev–Trinajstić information content (AvgIpc) is 2.90. The van der Waals surface area contributed by atoms with Gasteiger partial charge in [-0.25, -0.2) is 4.98 Å². The lowest BCUT2D eigenvalue weighted by Gasteiger charge is -2.04. The lowest BCUT2D eigenvalue weighted by molar-refractivity contribution is 0.124. The van der Waals surface area contributed by atoms with Crippen LogP contribution < -0.4 is 0 Å². The van der Waals surface area contributed by atoms with E-state index in [1.165, 1.54) is 4.88 Å². The highest BCUT2D eigenvalue weighted by Crippen LogP contribution is 2.13. The van der Waals surface area contributed by atoms with Crippen molar-refractivity contribution in [2.45, 2.75) is 26.4 Å². The van der Waals surface area contributed by atoms with Crippen LogP contribution >= 0.6 is 11.3 Å². The van der Waals surface area contributed by atoms with Gasteiger partial charge in [-0.3, -0.25) is 0 Å². The molecule has 0 saturated carbocycles. The molecule has 4 heteroatoms. The summed E-state index contributed by atoms with van der Waals surface area (Å²) in [6.07, 6.45) is 1.42. The summed E-state index contributed by atoms with van der Waals surface area (Å²) in [5, 5.41) is 8.71. The Morgan fingerprint density at radius 3 is 3.05 bits per heavy atom. The molecule has 2 rings (SSSR count). The molecular formula is C17H19NO2S. The zero-order valence-corrected chi connectivity index (χ0v) is 12.9. The summed E-state index contributed by atoms with van der Waals surface area (Å²) in [5.74, 6) is 5.96. The van der Waals surface area contributed by atoms with Crippen molar-refractivity contribution in [2.75, 3.05) is 13.2 Å². The Hall–Kier alpha value is -1.67. The van der Waals surface area contributed by atoms with Crippen LogP contribution in [0.5, 0.6) is 0 Å². The van der Waals surface area contributed by atoms with Gasteiger partial charge in [0.2, 0.25) is 0 Å². The van der Waals surface area contributed by atoms with E-state index in [2.05, 4.69) is 16.8 Å². The quantitative estimate of drug-likeness (QED) is 0.659. The van der Waals surface area contributed by atoms with Gasteiger partial charge < -0.3 is 9.84 Å². The molecule has 0 unspecified atom stereocenters. The van der Waals surface area contributed by atoms with Crippen LogP contribution in [0.1, 0.15) is 28.1 Å². The molecule has 1 N–H and O–H groups in total. The van der Waals surface area contributed by atoms with Crippen molar-refractivity contribution in [1.29, 1.82) is 0 Å². The SMILES string of the molecule is Cc1ncsc1CCOCc1cccc(C#CCCO)c1. The number of ether oxygens (including phenoxy) is 1. The van der Waals surface area contributed by atoms with Gasteiger partial charge in [0, 0.05) is 23.3 Å². The zero-order valence-electron chi connectivity index (χ0n) is 12.1. The first-order valence-corrected chi connectivity index (χ1v) is 7.83. The first kappa shape index (κ1) is 15.7. The van der Waals surface area contributed by atoms with Crippen molar-refractivity contribution in [3.05, 3.63) is 51.5 Å². The van der Waals surface area contributed by atoms with Gasteiger partial charge in [0.15, 0.2) is 0 Å². The van der Waals surface area contributed by atoms with E-state index in [1.54, 1.807) is 11.3 Å². The Bertz CT molecular complexity index is 625. The molecule has 0 aliphatic heterocycles. The second-order valence-corrected chi connectivity index (χ2v) is 5.58. The van der Waals surface area contributed by atoms with Gasteiger partial charge in [0.05, 0.1) is 31.0 Å². The highest BCUT2D eigenvalue weighted by atomic mass is 32.1. The molecule has 1 aromatic heterocycles. The summed E-state index contributed by atoms with van der Waals surface area (Å²) < 4.78 is 5.72. The third-order valence-corrected chi connectivity index (χ3v) is 3.98. The van der Waals surface area contributed by atoms with Gasteiger partial charge in [-0.2, -0.15) is 0 Å². The van der Waals surface area contributed by atoms with Gasteiger partial charge in [-0.05, 0) is 24.6 Å². The van der Waals surface area contributed by atoms with Gasteiger partial charge >= 0.3 is 0 Å². The normalized spacial score (nSPS) is 10.2. The number of rotatable bonds is 6. The minimum Gasteiger partial charge on any atom is -0.395 e. The fourth-order valence-electron chi connectivity index (χ4n) is 1.88. The molecule has 0 atom stereocenters. The van der Waals surface area contributed by atoms with Crippen molar-refractivity contribution >= 4 is 11.3 Å². The predicted molar refractivity (Wildman–Crippen MR) is 85.2 cm³/mol. The van der Waals surface area contributed by atoms with Crippen LogP contribution in [0.15, 0.2) is 29.8 Å². The molecule has 0 spiro atoms. The van der Waals surface area contributed by atoms with Gasteiger partial charge in [-0.1, -0.05) is 24.0 Å². The highest BCUT2D eigenvalue weighted by molar-refractivity contribution is 7.09. The summed E-state index contributed by atoms with van der Waals surface area (Å²) in [4.78, 5) is 5.52. The zero-order chi connectivity index (χ0) is 14.9. The van der Waals surface area contributed by atoms with E-state index in [1.807, 2.05) is 36.7 Å². The average molecular weight is 301 g/mol. The van der Waals surface area contributed by atoms with Gasteiger partial charge in [0.25, 0.3) is 0 Å². The molecule has 0 amide bonds. The molecule has 0 fully saturated rings. The maximum absolute atomic E-state index is 8.71. The summed E-state index contributed by atoms with van der Waals surface area (Å²) in [5.41, 5.74) is 5.05. The summed E-state index contributed by atoms with van der Waals surface area (Å²) in [6.45, 7) is 3.42. The minimum absolute atomic E-state index is 0.104. The fourth-order valence-corrected chi connectivity index (χ4v) is 2.64. The topological polar surface area (TPSA) is 42.4 Å². The smallest absolute Gasteiger partial charge is 0.0797 e. The largest absolute Gasteiger partial charge is 0.395 e. The predicted octanol–water partition coefficient (Wildman–Crippen LogP) is 2.94. The number of hydrogen-bond acceptors (Lipinski definition) is 4. The van der Waals surface area contributed by atoms with Crippen molar-refractivity contribution in [2.24, 2.45) is 0 Å². The van der Waals surface area contributed by atoms with Crippen LogP contribution in [0.4, 0.5) is 0 Å². The van der Waals surface area contributed by atoms with Crippen molar-refractivity contribution in [3.63, 3.8) is 0 Å². The summed E-state index contributed by atoms with van der Waals surface area (Å²) >= 11 is 1.68. The molecule has 1 aromatic carbocycles. The Labute approximate surface area is 129 Å². The van der Waals surface area contributed by atoms with E-state index in [4.69, 9.17) is 9.84 Å². The van der Waals surface area contributed by atoms with Crippen LogP contribution in [0.3, 0.4) is 0 Å². The number of aliphatic hydroxyl groups excluding tert-OH is 1. The van der Waals surface area contributed by atoms with Crippen molar-refractivity contribution in [1.82, 2.24) is 4.98 Å². The summed E-state index contributed by atoms with van der Waals surface area (Å²) in [7, 11) is 0. The molecule has 2 aromatic rings.